The molecule has 3 heteroatoms. The van der Waals surface area contributed by atoms with Gasteiger partial charge < -0.3 is 14.6 Å². The Morgan fingerprint density at radius 3 is 3.00 bits per heavy atom. The third kappa shape index (κ3) is 2.25. The fourth-order valence-corrected chi connectivity index (χ4v) is 1.09. The van der Waals surface area contributed by atoms with Crippen LogP contribution < -0.4 is 0 Å². The molecule has 0 bridgehead atoms. The van der Waals surface area contributed by atoms with Crippen molar-refractivity contribution in [2.75, 3.05) is 13.7 Å². The highest BCUT2D eigenvalue weighted by atomic mass is 16.7. The molecule has 1 fully saturated rings. The average molecular weight is 146 g/mol. The summed E-state index contributed by atoms with van der Waals surface area (Å²) in [6.45, 7) is 0.415. The second-order valence-electron chi connectivity index (χ2n) is 2.58. The number of methoxy groups -OCH3 is 1. The summed E-state index contributed by atoms with van der Waals surface area (Å²) in [6, 6.07) is 0. The molecule has 2 atom stereocenters. The zero-order valence-corrected chi connectivity index (χ0v) is 6.25. The predicted molar refractivity (Wildman–Crippen MR) is 36.6 cm³/mol. The zero-order valence-electron chi connectivity index (χ0n) is 6.25. The van der Waals surface area contributed by atoms with Gasteiger partial charge in [0.2, 0.25) is 0 Å². The van der Waals surface area contributed by atoms with Gasteiger partial charge in [-0.25, -0.2) is 0 Å². The van der Waals surface area contributed by atoms with E-state index in [2.05, 4.69) is 0 Å². The first kappa shape index (κ1) is 7.98. The molecule has 2 unspecified atom stereocenters. The quantitative estimate of drug-likeness (QED) is 0.586. The Morgan fingerprint density at radius 1 is 1.50 bits per heavy atom. The van der Waals surface area contributed by atoms with Crippen LogP contribution in [0.4, 0.5) is 0 Å². The molecule has 60 valence electrons. The molecule has 1 heterocycles. The predicted octanol–water partition coefficient (Wildman–Crippen LogP) is 0.520. The van der Waals surface area contributed by atoms with Gasteiger partial charge in [0.25, 0.3) is 0 Å². The second-order valence-corrected chi connectivity index (χ2v) is 2.58. The number of ether oxygens (including phenoxy) is 2. The van der Waals surface area contributed by atoms with Crippen molar-refractivity contribution in [2.45, 2.75) is 31.7 Å². The van der Waals surface area contributed by atoms with Gasteiger partial charge in [-0.1, -0.05) is 0 Å². The van der Waals surface area contributed by atoms with E-state index >= 15 is 0 Å². The van der Waals surface area contributed by atoms with E-state index in [0.29, 0.717) is 6.61 Å². The molecule has 0 aromatic heterocycles. The summed E-state index contributed by atoms with van der Waals surface area (Å²) in [7, 11) is 1.63. The summed E-state index contributed by atoms with van der Waals surface area (Å²) in [5, 5.41) is 9.12. The van der Waals surface area contributed by atoms with Gasteiger partial charge in [-0.3, -0.25) is 0 Å². The minimum atomic E-state index is -0.292. The molecule has 0 amide bonds. The van der Waals surface area contributed by atoms with Gasteiger partial charge in [-0.2, -0.15) is 0 Å². The third-order valence-electron chi connectivity index (χ3n) is 1.71. The molecule has 0 aromatic rings. The Bertz CT molecular complexity index is 94.9. The monoisotopic (exact) mass is 146 g/mol. The summed E-state index contributed by atoms with van der Waals surface area (Å²) in [5.74, 6) is 0. The van der Waals surface area contributed by atoms with Gasteiger partial charge in [-0.15, -0.1) is 0 Å². The second kappa shape index (κ2) is 3.91. The molecule has 0 saturated carbocycles. The van der Waals surface area contributed by atoms with Crippen molar-refractivity contribution in [1.82, 2.24) is 0 Å². The lowest BCUT2D eigenvalue weighted by Gasteiger charge is -2.12. The number of hydrogen-bond acceptors (Lipinski definition) is 3. The van der Waals surface area contributed by atoms with E-state index in [0.717, 1.165) is 19.3 Å². The van der Waals surface area contributed by atoms with Crippen LogP contribution in [0.1, 0.15) is 19.3 Å². The smallest absolute Gasteiger partial charge is 0.157 e. The van der Waals surface area contributed by atoms with Crippen molar-refractivity contribution >= 4 is 0 Å². The largest absolute Gasteiger partial charge is 0.391 e. The molecule has 1 rings (SSSR count). The lowest BCUT2D eigenvalue weighted by Crippen LogP contribution is -2.18. The van der Waals surface area contributed by atoms with E-state index < -0.39 is 0 Å². The molecule has 0 spiro atoms. The molecular weight excluding hydrogens is 132 g/mol. The van der Waals surface area contributed by atoms with Gasteiger partial charge >= 0.3 is 0 Å². The summed E-state index contributed by atoms with van der Waals surface area (Å²) >= 11 is 0. The number of hydrogen-bond donors (Lipinski definition) is 1. The molecule has 1 N–H and O–H groups in total. The standard InChI is InChI=1S/C7H14O3/c1-9-7-4-2-3-6(8)5-10-7/h6-8H,2-5H2,1H3. The minimum absolute atomic E-state index is 0.0999. The van der Waals surface area contributed by atoms with E-state index in [1.807, 2.05) is 0 Å². The van der Waals surface area contributed by atoms with Crippen molar-refractivity contribution in [1.29, 1.82) is 0 Å². The van der Waals surface area contributed by atoms with Gasteiger partial charge in [0.05, 0.1) is 12.7 Å². The average Bonchev–Trinajstić information content (AvgIpc) is 2.14. The van der Waals surface area contributed by atoms with Crippen LogP contribution in [-0.2, 0) is 9.47 Å². The Morgan fingerprint density at radius 2 is 2.30 bits per heavy atom. The first-order chi connectivity index (χ1) is 4.83. The first-order valence-electron chi connectivity index (χ1n) is 3.65. The zero-order chi connectivity index (χ0) is 7.40. The lowest BCUT2D eigenvalue weighted by molar-refractivity contribution is -0.133. The number of aliphatic hydroxyl groups excluding tert-OH is 1. The van der Waals surface area contributed by atoms with Gasteiger partial charge in [0, 0.05) is 7.11 Å². The van der Waals surface area contributed by atoms with Crippen molar-refractivity contribution in [3.05, 3.63) is 0 Å². The highest BCUT2D eigenvalue weighted by Crippen LogP contribution is 2.13. The molecule has 1 saturated heterocycles. The molecule has 10 heavy (non-hydrogen) atoms. The maximum absolute atomic E-state index is 9.12. The molecule has 0 aliphatic carbocycles. The molecule has 0 aromatic carbocycles. The Hall–Kier alpha value is -0.120. The molecular formula is C7H14O3. The molecule has 1 aliphatic rings. The van der Waals surface area contributed by atoms with Crippen LogP contribution in [0.3, 0.4) is 0 Å². The Kier molecular flexibility index (Phi) is 3.12. The summed E-state index contributed by atoms with van der Waals surface area (Å²) < 4.78 is 10.2. The SMILES string of the molecule is COC1CCCC(O)CO1. The van der Waals surface area contributed by atoms with Crippen LogP contribution >= 0.6 is 0 Å². The van der Waals surface area contributed by atoms with Crippen LogP contribution in [0.5, 0.6) is 0 Å². The summed E-state index contributed by atoms with van der Waals surface area (Å²) in [6.07, 6.45) is 2.32. The van der Waals surface area contributed by atoms with Crippen LogP contribution in [0, 0.1) is 0 Å². The highest BCUT2D eigenvalue weighted by molar-refractivity contribution is 4.60. The minimum Gasteiger partial charge on any atom is -0.391 e. The van der Waals surface area contributed by atoms with Crippen LogP contribution in [0.2, 0.25) is 0 Å². The van der Waals surface area contributed by atoms with E-state index in [1.54, 1.807) is 7.11 Å². The van der Waals surface area contributed by atoms with Gasteiger partial charge in [0.1, 0.15) is 0 Å². The normalized spacial score (nSPS) is 35.4. The summed E-state index contributed by atoms with van der Waals surface area (Å²) in [4.78, 5) is 0. The summed E-state index contributed by atoms with van der Waals surface area (Å²) in [5.41, 5.74) is 0. The van der Waals surface area contributed by atoms with Crippen LogP contribution in [-0.4, -0.2) is 31.2 Å². The van der Waals surface area contributed by atoms with E-state index in [-0.39, 0.29) is 12.4 Å². The molecule has 1 aliphatic heterocycles. The third-order valence-corrected chi connectivity index (χ3v) is 1.71. The van der Waals surface area contributed by atoms with Gasteiger partial charge in [-0.05, 0) is 19.3 Å². The van der Waals surface area contributed by atoms with Crippen LogP contribution in [0.15, 0.2) is 0 Å². The number of aliphatic hydroxyl groups is 1. The highest BCUT2D eigenvalue weighted by Gasteiger charge is 2.15. The van der Waals surface area contributed by atoms with Crippen molar-refractivity contribution in [2.24, 2.45) is 0 Å². The van der Waals surface area contributed by atoms with Crippen molar-refractivity contribution in [3.8, 4) is 0 Å². The van der Waals surface area contributed by atoms with E-state index in [4.69, 9.17) is 14.6 Å². The van der Waals surface area contributed by atoms with E-state index in [1.165, 1.54) is 0 Å². The van der Waals surface area contributed by atoms with Crippen LogP contribution in [0.25, 0.3) is 0 Å². The molecule has 3 nitrogen and oxygen atoms in total. The topological polar surface area (TPSA) is 38.7 Å². The first-order valence-corrected chi connectivity index (χ1v) is 3.65. The van der Waals surface area contributed by atoms with E-state index in [9.17, 15) is 0 Å². The van der Waals surface area contributed by atoms with Gasteiger partial charge in [0.15, 0.2) is 6.29 Å². The fourth-order valence-electron chi connectivity index (χ4n) is 1.09. The number of rotatable bonds is 1. The fraction of sp³-hybridized carbons (Fsp3) is 1.00. The maximum Gasteiger partial charge on any atom is 0.157 e. The maximum atomic E-state index is 9.12. The lowest BCUT2D eigenvalue weighted by atomic mass is 10.2. The van der Waals surface area contributed by atoms with Crippen molar-refractivity contribution < 1.29 is 14.6 Å². The molecule has 0 radical (unpaired) electrons. The van der Waals surface area contributed by atoms with Crippen molar-refractivity contribution in [3.63, 3.8) is 0 Å². The Balaban J connectivity index is 2.26. The Labute approximate surface area is 60.9 Å².